The summed E-state index contributed by atoms with van der Waals surface area (Å²) in [6, 6.07) is 6.93. The van der Waals surface area contributed by atoms with Gasteiger partial charge >= 0.3 is 12.4 Å². The summed E-state index contributed by atoms with van der Waals surface area (Å²) in [6.45, 7) is 3.13. The van der Waals surface area contributed by atoms with E-state index in [0.717, 1.165) is 16.4 Å². The van der Waals surface area contributed by atoms with Crippen LogP contribution in [0.15, 0.2) is 59.4 Å². The highest BCUT2D eigenvalue weighted by Crippen LogP contribution is 2.39. The molecule has 0 aliphatic heterocycles. The highest BCUT2D eigenvalue weighted by atomic mass is 19.4. The standard InChI is InChI=1S/C23H17F6N5O2/c1-12-4-3-5-18(31-12)20-9-19(33-36-20)21(35)32-15-10-30-34(11-15)13(2)16-7-6-14(22(24,25)26)8-17(16)23(27,28)29/h3-11,13H,1-2H3,(H,32,35). The van der Waals surface area contributed by atoms with Crippen LogP contribution in [0.4, 0.5) is 32.0 Å². The summed E-state index contributed by atoms with van der Waals surface area (Å²) in [5.41, 5.74) is -1.98. The smallest absolute Gasteiger partial charge is 0.354 e. The van der Waals surface area contributed by atoms with E-state index >= 15 is 0 Å². The molecule has 7 nitrogen and oxygen atoms in total. The zero-order valence-corrected chi connectivity index (χ0v) is 18.6. The third-order valence-corrected chi connectivity index (χ3v) is 5.28. The van der Waals surface area contributed by atoms with Crippen molar-refractivity contribution >= 4 is 11.6 Å². The molecule has 0 radical (unpaired) electrons. The minimum absolute atomic E-state index is 0.0727. The van der Waals surface area contributed by atoms with E-state index in [1.165, 1.54) is 25.4 Å². The first kappa shape index (κ1) is 24.9. The second-order valence-corrected chi connectivity index (χ2v) is 7.88. The van der Waals surface area contributed by atoms with Crippen molar-refractivity contribution in [2.75, 3.05) is 5.32 Å². The van der Waals surface area contributed by atoms with Gasteiger partial charge in [-0.25, -0.2) is 4.98 Å². The minimum atomic E-state index is -5.02. The average Bonchev–Trinajstić information content (AvgIpc) is 3.47. The first-order valence-electron chi connectivity index (χ1n) is 10.4. The van der Waals surface area contributed by atoms with E-state index in [1.54, 1.807) is 25.1 Å². The van der Waals surface area contributed by atoms with Crippen molar-refractivity contribution in [3.63, 3.8) is 0 Å². The van der Waals surface area contributed by atoms with Crippen LogP contribution < -0.4 is 5.32 Å². The van der Waals surface area contributed by atoms with Crippen molar-refractivity contribution in [1.82, 2.24) is 19.9 Å². The third kappa shape index (κ3) is 5.24. The number of nitrogens with zero attached hydrogens (tertiary/aromatic N) is 4. The number of rotatable bonds is 5. The Morgan fingerprint density at radius 3 is 2.47 bits per heavy atom. The lowest BCUT2D eigenvalue weighted by molar-refractivity contribution is -0.143. The van der Waals surface area contributed by atoms with Crippen molar-refractivity contribution in [3.8, 4) is 11.5 Å². The van der Waals surface area contributed by atoms with Gasteiger partial charge in [-0.1, -0.05) is 17.3 Å². The van der Waals surface area contributed by atoms with E-state index in [2.05, 4.69) is 20.6 Å². The molecule has 0 saturated carbocycles. The number of alkyl halides is 6. The minimum Gasteiger partial charge on any atom is -0.354 e. The van der Waals surface area contributed by atoms with Gasteiger partial charge in [0.05, 0.1) is 29.1 Å². The van der Waals surface area contributed by atoms with Crippen molar-refractivity contribution in [3.05, 3.63) is 82.9 Å². The van der Waals surface area contributed by atoms with E-state index in [1.807, 2.05) is 0 Å². The van der Waals surface area contributed by atoms with Gasteiger partial charge in [0.15, 0.2) is 11.5 Å². The first-order chi connectivity index (χ1) is 16.8. The summed E-state index contributed by atoms with van der Waals surface area (Å²) in [5.74, 6) is -0.412. The Morgan fingerprint density at radius 1 is 1.06 bits per heavy atom. The highest BCUT2D eigenvalue weighted by Gasteiger charge is 2.39. The number of hydrogen-bond acceptors (Lipinski definition) is 5. The summed E-state index contributed by atoms with van der Waals surface area (Å²) in [5, 5.41) is 10.2. The number of carbonyl (C=O) groups excluding carboxylic acids is 1. The number of aryl methyl sites for hydroxylation is 1. The molecule has 0 aliphatic rings. The zero-order chi connectivity index (χ0) is 26.3. The van der Waals surface area contributed by atoms with Crippen molar-refractivity contribution in [2.45, 2.75) is 32.2 Å². The number of hydrogen-bond donors (Lipinski definition) is 1. The number of aromatic nitrogens is 4. The molecule has 4 aromatic rings. The highest BCUT2D eigenvalue weighted by molar-refractivity contribution is 6.03. The van der Waals surface area contributed by atoms with Crippen LogP contribution in [-0.2, 0) is 12.4 Å². The molecule has 13 heteroatoms. The Morgan fingerprint density at radius 2 is 1.81 bits per heavy atom. The van der Waals surface area contributed by atoms with E-state index in [4.69, 9.17) is 4.52 Å². The van der Waals surface area contributed by atoms with E-state index in [0.29, 0.717) is 11.8 Å². The fourth-order valence-corrected chi connectivity index (χ4v) is 3.48. The summed E-state index contributed by atoms with van der Waals surface area (Å²) in [4.78, 5) is 16.8. The van der Waals surface area contributed by atoms with Gasteiger partial charge in [0.25, 0.3) is 5.91 Å². The monoisotopic (exact) mass is 509 g/mol. The SMILES string of the molecule is Cc1cccc(-c2cc(C(=O)Nc3cnn(C(C)c4ccc(C(F)(F)F)cc4C(F)(F)F)c3)no2)n1. The van der Waals surface area contributed by atoms with Crippen LogP contribution in [0.1, 0.15) is 45.8 Å². The molecular weight excluding hydrogens is 492 g/mol. The van der Waals surface area contributed by atoms with E-state index < -0.39 is 41.0 Å². The molecule has 0 saturated heterocycles. The number of pyridine rings is 1. The number of carbonyl (C=O) groups is 1. The van der Waals surface area contributed by atoms with Gasteiger partial charge in [0.2, 0.25) is 0 Å². The Bertz CT molecular complexity index is 1410. The zero-order valence-electron chi connectivity index (χ0n) is 18.6. The largest absolute Gasteiger partial charge is 0.416 e. The molecule has 36 heavy (non-hydrogen) atoms. The molecule has 1 amide bonds. The first-order valence-corrected chi connectivity index (χ1v) is 10.4. The number of halogens is 6. The molecule has 1 atom stereocenters. The maximum absolute atomic E-state index is 13.5. The maximum atomic E-state index is 13.5. The average molecular weight is 509 g/mol. The van der Waals surface area contributed by atoms with Gasteiger partial charge in [-0.2, -0.15) is 31.4 Å². The molecular formula is C23H17F6N5O2. The molecule has 0 aliphatic carbocycles. The molecule has 1 unspecified atom stereocenters. The Kier molecular flexibility index (Phi) is 6.33. The maximum Gasteiger partial charge on any atom is 0.416 e. The number of anilines is 1. The van der Waals surface area contributed by atoms with Gasteiger partial charge in [-0.05, 0) is 43.7 Å². The van der Waals surface area contributed by atoms with Gasteiger partial charge in [-0.15, -0.1) is 0 Å². The summed E-state index contributed by atoms with van der Waals surface area (Å²) in [6.07, 6.45) is -7.51. The van der Waals surface area contributed by atoms with E-state index in [9.17, 15) is 31.1 Å². The molecule has 188 valence electrons. The van der Waals surface area contributed by atoms with Crippen molar-refractivity contribution in [2.24, 2.45) is 0 Å². The van der Waals surface area contributed by atoms with Gasteiger partial charge in [0.1, 0.15) is 5.69 Å². The molecule has 1 N–H and O–H groups in total. The molecule has 3 heterocycles. The molecule has 4 rings (SSSR count). The molecule has 0 bridgehead atoms. The van der Waals surface area contributed by atoms with Crippen molar-refractivity contribution < 1.29 is 35.7 Å². The van der Waals surface area contributed by atoms with Crippen LogP contribution in [0.2, 0.25) is 0 Å². The fraction of sp³-hybridized carbons (Fsp3) is 0.217. The summed E-state index contributed by atoms with van der Waals surface area (Å²) < 4.78 is 85.7. The van der Waals surface area contributed by atoms with Crippen LogP contribution in [0.5, 0.6) is 0 Å². The predicted octanol–water partition coefficient (Wildman–Crippen LogP) is 6.14. The number of nitrogens with one attached hydrogen (secondary N) is 1. The Hall–Kier alpha value is -4.16. The van der Waals surface area contributed by atoms with Crippen LogP contribution in [0, 0.1) is 6.92 Å². The van der Waals surface area contributed by atoms with Gasteiger partial charge in [-0.3, -0.25) is 9.48 Å². The predicted molar refractivity (Wildman–Crippen MR) is 115 cm³/mol. The summed E-state index contributed by atoms with van der Waals surface area (Å²) in [7, 11) is 0. The number of amides is 1. The van der Waals surface area contributed by atoms with Crippen LogP contribution in [-0.4, -0.2) is 25.8 Å². The third-order valence-electron chi connectivity index (χ3n) is 5.28. The van der Waals surface area contributed by atoms with E-state index in [-0.39, 0.29) is 23.2 Å². The molecule has 0 fully saturated rings. The quantitative estimate of drug-likeness (QED) is 0.327. The molecule has 1 aromatic carbocycles. The topological polar surface area (TPSA) is 85.8 Å². The molecule has 3 aromatic heterocycles. The van der Waals surface area contributed by atoms with Crippen molar-refractivity contribution in [1.29, 1.82) is 0 Å². The Balaban J connectivity index is 1.54. The lowest BCUT2D eigenvalue weighted by Gasteiger charge is -2.20. The second kappa shape index (κ2) is 9.13. The molecule has 0 spiro atoms. The van der Waals surface area contributed by atoms with Gasteiger partial charge in [0, 0.05) is 18.0 Å². The second-order valence-electron chi connectivity index (χ2n) is 7.88. The normalized spacial score (nSPS) is 13.0. The summed E-state index contributed by atoms with van der Waals surface area (Å²) >= 11 is 0. The lowest BCUT2D eigenvalue weighted by atomic mass is 9.98. The Labute approximate surface area is 199 Å². The van der Waals surface area contributed by atoms with Gasteiger partial charge < -0.3 is 9.84 Å². The lowest BCUT2D eigenvalue weighted by Crippen LogP contribution is -2.17. The fourth-order valence-electron chi connectivity index (χ4n) is 3.48. The van der Waals surface area contributed by atoms with Crippen LogP contribution in [0.25, 0.3) is 11.5 Å². The van der Waals surface area contributed by atoms with Crippen LogP contribution in [0.3, 0.4) is 0 Å². The van der Waals surface area contributed by atoms with Crippen LogP contribution >= 0.6 is 0 Å². The number of benzene rings is 1.